The van der Waals surface area contributed by atoms with Crippen molar-refractivity contribution in [1.82, 2.24) is 0 Å². The Kier molecular flexibility index (Phi) is 4.63. The van der Waals surface area contributed by atoms with Gasteiger partial charge in [0.2, 0.25) is 0 Å². The maximum absolute atomic E-state index is 10.9. The Morgan fingerprint density at radius 3 is 2.40 bits per heavy atom. The molecule has 0 bridgehead atoms. The predicted octanol–water partition coefficient (Wildman–Crippen LogP) is 2.02. The lowest BCUT2D eigenvalue weighted by Crippen LogP contribution is -2.07. The van der Waals surface area contributed by atoms with Gasteiger partial charge in [-0.25, -0.2) is 8.42 Å². The molecule has 1 aromatic carbocycles. The Bertz CT molecular complexity index is 386. The zero-order chi connectivity index (χ0) is 11.3. The van der Waals surface area contributed by atoms with Gasteiger partial charge in [-0.2, -0.15) is 0 Å². The predicted molar refractivity (Wildman–Crippen MR) is 63.6 cm³/mol. The highest BCUT2D eigenvalue weighted by atomic mass is 33.1. The lowest BCUT2D eigenvalue weighted by Gasteiger charge is -2.14. The van der Waals surface area contributed by atoms with Gasteiger partial charge in [0.05, 0.1) is 11.9 Å². The average molecular weight is 246 g/mol. The summed E-state index contributed by atoms with van der Waals surface area (Å²) in [6.07, 6.45) is 0.236. The third-order valence-electron chi connectivity index (χ3n) is 2.09. The maximum atomic E-state index is 10.9. The van der Waals surface area contributed by atoms with E-state index in [1.165, 1.54) is 0 Å². The van der Waals surface area contributed by atoms with E-state index in [9.17, 15) is 8.42 Å². The summed E-state index contributed by atoms with van der Waals surface area (Å²) in [5, 5.41) is 0. The van der Waals surface area contributed by atoms with Crippen molar-refractivity contribution in [2.75, 3.05) is 12.9 Å². The molecule has 1 atom stereocenters. The van der Waals surface area contributed by atoms with Gasteiger partial charge in [-0.05, 0) is 23.6 Å². The van der Waals surface area contributed by atoms with E-state index in [4.69, 9.17) is 4.74 Å². The highest BCUT2D eigenvalue weighted by Gasteiger charge is 2.13. The molecule has 0 unspecified atom stereocenters. The Balaban J connectivity index is 2.66. The van der Waals surface area contributed by atoms with Crippen molar-refractivity contribution in [3.8, 4) is 0 Å². The second-order valence-corrected chi connectivity index (χ2v) is 6.45. The highest BCUT2D eigenvalue weighted by Crippen LogP contribution is 2.21. The second-order valence-electron chi connectivity index (χ2n) is 3.21. The van der Waals surface area contributed by atoms with Crippen molar-refractivity contribution in [1.29, 1.82) is 0 Å². The van der Waals surface area contributed by atoms with E-state index in [1.54, 1.807) is 7.11 Å². The van der Waals surface area contributed by atoms with E-state index in [2.05, 4.69) is 11.7 Å². The molecule has 0 heterocycles. The summed E-state index contributed by atoms with van der Waals surface area (Å²) >= 11 is 3.50. The Morgan fingerprint density at radius 2 is 1.93 bits per heavy atom. The summed E-state index contributed by atoms with van der Waals surface area (Å²) in [5.74, 6) is 0.0174. The number of hydrogen-bond acceptors (Lipinski definition) is 3. The monoisotopic (exact) mass is 246 g/mol. The Hall–Kier alpha value is -0.520. The van der Waals surface area contributed by atoms with Gasteiger partial charge in [0.15, 0.2) is 8.87 Å². The van der Waals surface area contributed by atoms with E-state index in [1.807, 2.05) is 30.3 Å². The fourth-order valence-electron chi connectivity index (χ4n) is 1.34. The molecule has 0 fully saturated rings. The molecular weight excluding hydrogens is 232 g/mol. The zero-order valence-corrected chi connectivity index (χ0v) is 10.2. The molecule has 1 aromatic rings. The van der Waals surface area contributed by atoms with Crippen molar-refractivity contribution < 1.29 is 13.2 Å². The molecule has 0 aromatic heterocycles. The number of thiol groups is 1. The van der Waals surface area contributed by atoms with Gasteiger partial charge >= 0.3 is 0 Å². The maximum Gasteiger partial charge on any atom is 0.198 e. The van der Waals surface area contributed by atoms with Crippen LogP contribution in [0.25, 0.3) is 0 Å². The van der Waals surface area contributed by atoms with Crippen LogP contribution in [0.3, 0.4) is 0 Å². The van der Waals surface area contributed by atoms with Crippen LogP contribution >= 0.6 is 11.7 Å². The van der Waals surface area contributed by atoms with Crippen molar-refractivity contribution >= 4 is 20.5 Å². The van der Waals surface area contributed by atoms with Crippen LogP contribution in [-0.4, -0.2) is 21.3 Å². The zero-order valence-electron chi connectivity index (χ0n) is 8.46. The number of hydrogen-bond donors (Lipinski definition) is 1. The Morgan fingerprint density at radius 1 is 1.33 bits per heavy atom. The number of methoxy groups -OCH3 is 1. The van der Waals surface area contributed by atoms with Crippen molar-refractivity contribution in [2.45, 2.75) is 12.5 Å². The summed E-state index contributed by atoms with van der Waals surface area (Å²) in [4.78, 5) is 0. The molecule has 3 nitrogen and oxygen atoms in total. The van der Waals surface area contributed by atoms with Crippen molar-refractivity contribution in [2.24, 2.45) is 0 Å². The number of rotatable bonds is 5. The molecular formula is C10H14O3S2. The fraction of sp³-hybridized carbons (Fsp3) is 0.400. The lowest BCUT2D eigenvalue weighted by molar-refractivity contribution is 0.101. The summed E-state index contributed by atoms with van der Waals surface area (Å²) < 4.78 is 27.0. The third-order valence-corrected chi connectivity index (χ3v) is 3.39. The molecule has 1 rings (SSSR count). The fourth-order valence-corrected chi connectivity index (χ4v) is 2.17. The molecule has 0 saturated heterocycles. The van der Waals surface area contributed by atoms with Crippen molar-refractivity contribution in [3.63, 3.8) is 0 Å². The second kappa shape index (κ2) is 5.53. The van der Waals surface area contributed by atoms with Crippen LogP contribution in [0.15, 0.2) is 30.3 Å². The van der Waals surface area contributed by atoms with Gasteiger partial charge in [-0.3, -0.25) is 0 Å². The van der Waals surface area contributed by atoms with E-state index >= 15 is 0 Å². The van der Waals surface area contributed by atoms with E-state index in [0.717, 1.165) is 5.56 Å². The summed E-state index contributed by atoms with van der Waals surface area (Å²) in [6.45, 7) is 0. The Labute approximate surface area is 95.2 Å². The SMILES string of the molecule is CO[C@@H](CCS(=O)(=O)S)c1ccccc1. The quantitative estimate of drug-likeness (QED) is 0.638. The largest absolute Gasteiger partial charge is 0.377 e. The van der Waals surface area contributed by atoms with Crippen LogP contribution in [-0.2, 0) is 13.6 Å². The molecule has 0 spiro atoms. The van der Waals surface area contributed by atoms with E-state index in [-0.39, 0.29) is 11.9 Å². The van der Waals surface area contributed by atoms with Crippen LogP contribution in [0.5, 0.6) is 0 Å². The van der Waals surface area contributed by atoms with Gasteiger partial charge in [0.1, 0.15) is 0 Å². The van der Waals surface area contributed by atoms with Crippen LogP contribution < -0.4 is 0 Å². The average Bonchev–Trinajstić information content (AvgIpc) is 2.19. The third kappa shape index (κ3) is 4.68. The minimum Gasteiger partial charge on any atom is -0.377 e. The summed E-state index contributed by atoms with van der Waals surface area (Å²) in [7, 11) is -1.65. The van der Waals surface area contributed by atoms with Crippen LogP contribution in [0.1, 0.15) is 18.1 Å². The van der Waals surface area contributed by atoms with Crippen molar-refractivity contribution in [3.05, 3.63) is 35.9 Å². The molecule has 15 heavy (non-hydrogen) atoms. The smallest absolute Gasteiger partial charge is 0.198 e. The molecule has 0 radical (unpaired) electrons. The molecule has 0 aliphatic carbocycles. The lowest BCUT2D eigenvalue weighted by atomic mass is 10.1. The number of ether oxygens (including phenoxy) is 1. The standard InChI is InChI=1S/C10H14O3S2/c1-13-10(7-8-15(11,12)14)9-5-3-2-4-6-9/h2-6,10H,7-8H2,1H3,(H,11,12,14)/t10-/m0/s1. The molecule has 0 saturated carbocycles. The van der Waals surface area contributed by atoms with Crippen LogP contribution in [0.2, 0.25) is 0 Å². The molecule has 0 N–H and O–H groups in total. The minimum absolute atomic E-state index is 0.0174. The van der Waals surface area contributed by atoms with Gasteiger partial charge in [-0.1, -0.05) is 30.3 Å². The van der Waals surface area contributed by atoms with Gasteiger partial charge in [0.25, 0.3) is 0 Å². The molecule has 84 valence electrons. The topological polar surface area (TPSA) is 43.4 Å². The van der Waals surface area contributed by atoms with Gasteiger partial charge < -0.3 is 4.74 Å². The summed E-state index contributed by atoms with van der Waals surface area (Å²) in [6, 6.07) is 9.54. The molecule has 0 aliphatic rings. The molecule has 5 heteroatoms. The van der Waals surface area contributed by atoms with Gasteiger partial charge in [0, 0.05) is 7.11 Å². The molecule has 0 aliphatic heterocycles. The molecule has 0 amide bonds. The first-order valence-electron chi connectivity index (χ1n) is 4.56. The minimum atomic E-state index is -3.22. The normalized spacial score (nSPS) is 13.7. The first kappa shape index (κ1) is 12.5. The highest BCUT2D eigenvalue weighted by molar-refractivity contribution is 8.63. The first-order valence-corrected chi connectivity index (χ1v) is 7.26. The van der Waals surface area contributed by atoms with Gasteiger partial charge in [-0.15, -0.1) is 0 Å². The first-order chi connectivity index (χ1) is 7.03. The number of benzene rings is 1. The van der Waals surface area contributed by atoms with E-state index < -0.39 is 8.87 Å². The van der Waals surface area contributed by atoms with Crippen LogP contribution in [0, 0.1) is 0 Å². The summed E-state index contributed by atoms with van der Waals surface area (Å²) in [5.41, 5.74) is 0.983. The van der Waals surface area contributed by atoms with E-state index in [0.29, 0.717) is 6.42 Å². The van der Waals surface area contributed by atoms with Crippen LogP contribution in [0.4, 0.5) is 0 Å².